The second-order valence-electron chi connectivity index (χ2n) is 5.47. The van der Waals surface area contributed by atoms with Gasteiger partial charge in [0.15, 0.2) is 0 Å². The molecule has 0 bridgehead atoms. The molecule has 0 unspecified atom stereocenters. The Bertz CT molecular complexity index is 948. The number of carbonyl (C=O) groups is 2. The molecule has 0 aliphatic heterocycles. The highest BCUT2D eigenvalue weighted by atomic mass is 32.1. The normalized spacial score (nSPS) is 10.5. The lowest BCUT2D eigenvalue weighted by atomic mass is 10.1. The molecule has 134 valence electrons. The third kappa shape index (κ3) is 3.76. The zero-order valence-electron chi connectivity index (χ0n) is 14.1. The number of hydrogen-bond acceptors (Lipinski definition) is 6. The Morgan fingerprint density at radius 1 is 1.31 bits per heavy atom. The van der Waals surface area contributed by atoms with Crippen LogP contribution in [0.25, 0.3) is 10.6 Å². The maximum atomic E-state index is 12.5. The lowest BCUT2D eigenvalue weighted by Crippen LogP contribution is -2.22. The van der Waals surface area contributed by atoms with Crippen LogP contribution in [0.5, 0.6) is 5.75 Å². The molecule has 26 heavy (non-hydrogen) atoms. The van der Waals surface area contributed by atoms with Crippen LogP contribution in [0.4, 0.5) is 0 Å². The second-order valence-corrected chi connectivity index (χ2v) is 7.25. The number of amides is 1. The number of aryl methyl sites for hydroxylation is 1. The van der Waals surface area contributed by atoms with Crippen LogP contribution < -0.4 is 10.1 Å². The van der Waals surface area contributed by atoms with E-state index in [-0.39, 0.29) is 23.8 Å². The van der Waals surface area contributed by atoms with E-state index in [0.29, 0.717) is 16.1 Å². The average molecular weight is 388 g/mol. The molecule has 1 amide bonds. The summed E-state index contributed by atoms with van der Waals surface area (Å²) in [6.07, 6.45) is 0. The van der Waals surface area contributed by atoms with E-state index in [1.165, 1.54) is 24.5 Å². The Morgan fingerprint density at radius 2 is 2.12 bits per heavy atom. The van der Waals surface area contributed by atoms with E-state index in [9.17, 15) is 14.7 Å². The molecule has 0 aliphatic rings. The van der Waals surface area contributed by atoms with E-state index in [1.807, 2.05) is 16.8 Å². The third-order valence-corrected chi connectivity index (χ3v) is 5.61. The second kappa shape index (κ2) is 7.67. The molecule has 2 aromatic heterocycles. The fourth-order valence-corrected chi connectivity index (χ4v) is 4.11. The Kier molecular flexibility index (Phi) is 5.34. The molecule has 3 rings (SSSR count). The minimum atomic E-state index is -1.08. The molecule has 0 spiro atoms. The van der Waals surface area contributed by atoms with Crippen molar-refractivity contribution in [1.82, 2.24) is 10.3 Å². The minimum absolute atomic E-state index is 0.0629. The number of methoxy groups -OCH3 is 1. The van der Waals surface area contributed by atoms with Crippen molar-refractivity contribution in [3.05, 3.63) is 56.7 Å². The quantitative estimate of drug-likeness (QED) is 0.670. The van der Waals surface area contributed by atoms with E-state index in [4.69, 9.17) is 4.74 Å². The van der Waals surface area contributed by atoms with Gasteiger partial charge in [-0.3, -0.25) is 4.79 Å². The number of carboxylic acid groups (broad SMARTS) is 1. The largest absolute Gasteiger partial charge is 0.496 e. The van der Waals surface area contributed by atoms with Crippen LogP contribution in [-0.4, -0.2) is 29.1 Å². The van der Waals surface area contributed by atoms with Gasteiger partial charge in [-0.2, -0.15) is 11.3 Å². The maximum absolute atomic E-state index is 12.5. The van der Waals surface area contributed by atoms with Crippen molar-refractivity contribution in [2.75, 3.05) is 7.11 Å². The summed E-state index contributed by atoms with van der Waals surface area (Å²) in [4.78, 5) is 28.8. The van der Waals surface area contributed by atoms with Crippen molar-refractivity contribution < 1.29 is 19.4 Å². The number of thiazole rings is 1. The summed E-state index contributed by atoms with van der Waals surface area (Å²) >= 11 is 2.92. The molecule has 0 saturated heterocycles. The number of nitrogens with one attached hydrogen (secondary N) is 1. The van der Waals surface area contributed by atoms with E-state index in [2.05, 4.69) is 10.3 Å². The predicted octanol–water partition coefficient (Wildman–Crippen LogP) is 3.82. The van der Waals surface area contributed by atoms with Gasteiger partial charge < -0.3 is 15.2 Å². The summed E-state index contributed by atoms with van der Waals surface area (Å²) in [6.45, 7) is 2.02. The van der Waals surface area contributed by atoms with E-state index in [1.54, 1.807) is 30.4 Å². The topological polar surface area (TPSA) is 88.5 Å². The van der Waals surface area contributed by atoms with E-state index in [0.717, 1.165) is 10.6 Å². The molecule has 0 aliphatic carbocycles. The number of hydrogen-bond donors (Lipinski definition) is 2. The van der Waals surface area contributed by atoms with Gasteiger partial charge in [-0.25, -0.2) is 9.78 Å². The van der Waals surface area contributed by atoms with Crippen molar-refractivity contribution in [2.45, 2.75) is 13.5 Å². The van der Waals surface area contributed by atoms with Crippen molar-refractivity contribution in [2.24, 2.45) is 0 Å². The monoisotopic (exact) mass is 388 g/mol. The first-order valence-electron chi connectivity index (χ1n) is 7.68. The Balaban J connectivity index is 1.73. The number of rotatable bonds is 6. The van der Waals surface area contributed by atoms with Gasteiger partial charge in [-0.1, -0.05) is 6.07 Å². The predicted molar refractivity (Wildman–Crippen MR) is 101 cm³/mol. The minimum Gasteiger partial charge on any atom is -0.496 e. The van der Waals surface area contributed by atoms with Crippen molar-refractivity contribution in [3.63, 3.8) is 0 Å². The molecule has 6 nitrogen and oxygen atoms in total. The number of thiophene rings is 1. The number of carbonyl (C=O) groups excluding carboxylic acids is 1. The van der Waals surface area contributed by atoms with Crippen LogP contribution in [0.2, 0.25) is 0 Å². The molecule has 3 aromatic rings. The molecule has 0 radical (unpaired) electrons. The van der Waals surface area contributed by atoms with Gasteiger partial charge in [-0.15, -0.1) is 11.3 Å². The van der Waals surface area contributed by atoms with Gasteiger partial charge in [0, 0.05) is 17.5 Å². The molecule has 2 heterocycles. The summed E-state index contributed by atoms with van der Waals surface area (Å²) in [7, 11) is 1.42. The Hall–Kier alpha value is -2.71. The van der Waals surface area contributed by atoms with Crippen LogP contribution in [0, 0.1) is 6.92 Å². The molecule has 8 heteroatoms. The van der Waals surface area contributed by atoms with Crippen LogP contribution in [0.15, 0.2) is 35.0 Å². The number of nitrogens with zero attached hydrogens (tertiary/aromatic N) is 1. The first-order valence-corrected chi connectivity index (χ1v) is 9.44. The van der Waals surface area contributed by atoms with Crippen LogP contribution >= 0.6 is 22.7 Å². The molecule has 0 fully saturated rings. The zero-order valence-corrected chi connectivity index (χ0v) is 15.7. The van der Waals surface area contributed by atoms with Crippen LogP contribution in [0.3, 0.4) is 0 Å². The van der Waals surface area contributed by atoms with Gasteiger partial charge in [-0.05, 0) is 36.1 Å². The molecule has 2 N–H and O–H groups in total. The van der Waals surface area contributed by atoms with Gasteiger partial charge in [0.25, 0.3) is 5.91 Å². The lowest BCUT2D eigenvalue weighted by molar-refractivity contribution is 0.0693. The van der Waals surface area contributed by atoms with Gasteiger partial charge >= 0.3 is 5.97 Å². The van der Waals surface area contributed by atoms with Crippen molar-refractivity contribution in [1.29, 1.82) is 0 Å². The number of benzene rings is 1. The van der Waals surface area contributed by atoms with Gasteiger partial charge in [0.2, 0.25) is 0 Å². The standard InChI is InChI=1S/C18H16N2O4S2/c1-10-15(26-17(20-10)12-5-6-25-9-12)16(21)19-8-11-3-4-14(24-2)13(7-11)18(22)23/h3-7,9H,8H2,1-2H3,(H,19,21)(H,22,23). The number of ether oxygens (including phenoxy) is 1. The smallest absolute Gasteiger partial charge is 0.339 e. The highest BCUT2D eigenvalue weighted by Gasteiger charge is 2.17. The third-order valence-electron chi connectivity index (χ3n) is 3.72. The lowest BCUT2D eigenvalue weighted by Gasteiger charge is -2.08. The molecule has 0 saturated carbocycles. The van der Waals surface area contributed by atoms with Crippen molar-refractivity contribution >= 4 is 34.6 Å². The highest BCUT2D eigenvalue weighted by molar-refractivity contribution is 7.17. The Morgan fingerprint density at radius 3 is 2.77 bits per heavy atom. The fraction of sp³-hybridized carbons (Fsp3) is 0.167. The molecular weight excluding hydrogens is 372 g/mol. The SMILES string of the molecule is COc1ccc(CNC(=O)c2sc(-c3ccsc3)nc2C)cc1C(=O)O. The number of carboxylic acids is 1. The zero-order chi connectivity index (χ0) is 18.7. The average Bonchev–Trinajstić information content (AvgIpc) is 3.28. The number of aromatic carboxylic acids is 1. The maximum Gasteiger partial charge on any atom is 0.339 e. The first kappa shape index (κ1) is 18.1. The summed E-state index contributed by atoms with van der Waals surface area (Å²) in [5.41, 5.74) is 2.42. The van der Waals surface area contributed by atoms with Crippen LogP contribution in [-0.2, 0) is 6.54 Å². The highest BCUT2D eigenvalue weighted by Crippen LogP contribution is 2.29. The van der Waals surface area contributed by atoms with E-state index >= 15 is 0 Å². The fourth-order valence-electron chi connectivity index (χ4n) is 2.41. The summed E-state index contributed by atoms with van der Waals surface area (Å²) in [5, 5.41) is 16.8. The Labute approximate surface area is 158 Å². The number of aromatic nitrogens is 1. The molecule has 1 aromatic carbocycles. The van der Waals surface area contributed by atoms with E-state index < -0.39 is 5.97 Å². The van der Waals surface area contributed by atoms with Gasteiger partial charge in [0.05, 0.1) is 12.8 Å². The van der Waals surface area contributed by atoms with Gasteiger partial charge in [0.1, 0.15) is 21.2 Å². The van der Waals surface area contributed by atoms with Crippen molar-refractivity contribution in [3.8, 4) is 16.3 Å². The molecular formula is C18H16N2O4S2. The summed E-state index contributed by atoms with van der Waals surface area (Å²) < 4.78 is 5.04. The summed E-state index contributed by atoms with van der Waals surface area (Å²) in [5.74, 6) is -1.02. The first-order chi connectivity index (χ1) is 12.5. The molecule has 0 atom stereocenters. The van der Waals surface area contributed by atoms with Crippen LogP contribution in [0.1, 0.15) is 31.3 Å². The summed E-state index contributed by atoms with van der Waals surface area (Å²) in [6, 6.07) is 6.77.